The second-order valence-electron chi connectivity index (χ2n) is 6.86. The Balaban J connectivity index is 1.69. The van der Waals surface area contributed by atoms with E-state index >= 15 is 0 Å². The number of hydrogen-bond acceptors (Lipinski definition) is 5. The molecule has 2 aliphatic rings. The fourth-order valence-corrected chi connectivity index (χ4v) is 3.68. The standard InChI is InChI=1S/C17H19F4NO3S/c1-17(2)7-10(22-25-17)26-8-23-15-11(18)13(20)16(14(21)12(15)19)24-9-5-3-4-6-9/h9H,3-8H2,1-2H3. The molecule has 4 nitrogen and oxygen atoms in total. The van der Waals surface area contributed by atoms with Gasteiger partial charge in [-0.15, -0.1) is 0 Å². The van der Waals surface area contributed by atoms with Gasteiger partial charge in [-0.1, -0.05) is 16.9 Å². The van der Waals surface area contributed by atoms with Crippen LogP contribution in [-0.2, 0) is 4.84 Å². The van der Waals surface area contributed by atoms with Gasteiger partial charge < -0.3 is 14.3 Å². The van der Waals surface area contributed by atoms with Gasteiger partial charge in [0.15, 0.2) is 11.5 Å². The first-order chi connectivity index (χ1) is 12.3. The summed E-state index contributed by atoms with van der Waals surface area (Å²) in [5.74, 6) is -8.79. The van der Waals surface area contributed by atoms with Gasteiger partial charge in [0.1, 0.15) is 16.6 Å². The zero-order chi connectivity index (χ0) is 18.9. The summed E-state index contributed by atoms with van der Waals surface area (Å²) in [6.45, 7) is 3.66. The average molecular weight is 393 g/mol. The Morgan fingerprint density at radius 3 is 2.15 bits per heavy atom. The Morgan fingerprint density at radius 2 is 1.62 bits per heavy atom. The van der Waals surface area contributed by atoms with Crippen molar-refractivity contribution in [3.05, 3.63) is 23.3 Å². The molecule has 0 spiro atoms. The number of hydrogen-bond donors (Lipinski definition) is 0. The van der Waals surface area contributed by atoms with E-state index in [1.54, 1.807) is 0 Å². The average Bonchev–Trinajstić information content (AvgIpc) is 3.22. The molecule has 1 aromatic rings. The van der Waals surface area contributed by atoms with Crippen molar-refractivity contribution in [3.63, 3.8) is 0 Å². The second-order valence-corrected chi connectivity index (χ2v) is 7.85. The minimum absolute atomic E-state index is 0.270. The smallest absolute Gasteiger partial charge is 0.207 e. The monoisotopic (exact) mass is 393 g/mol. The van der Waals surface area contributed by atoms with Crippen LogP contribution in [0, 0.1) is 23.3 Å². The van der Waals surface area contributed by atoms with E-state index in [4.69, 9.17) is 14.3 Å². The summed E-state index contributed by atoms with van der Waals surface area (Å²) < 4.78 is 66.7. The molecule has 0 N–H and O–H groups in total. The third-order valence-corrected chi connectivity index (χ3v) is 4.96. The lowest BCUT2D eigenvalue weighted by atomic mass is 10.1. The van der Waals surface area contributed by atoms with Crippen LogP contribution in [-0.4, -0.2) is 22.7 Å². The Kier molecular flexibility index (Phi) is 5.55. The molecule has 9 heteroatoms. The summed E-state index contributed by atoms with van der Waals surface area (Å²) in [5.41, 5.74) is -0.462. The molecular weight excluding hydrogens is 374 g/mol. The van der Waals surface area contributed by atoms with Crippen LogP contribution in [0.4, 0.5) is 17.6 Å². The van der Waals surface area contributed by atoms with E-state index in [-0.39, 0.29) is 5.94 Å². The van der Waals surface area contributed by atoms with Gasteiger partial charge in [0.2, 0.25) is 23.3 Å². The third-order valence-electron chi connectivity index (χ3n) is 4.17. The van der Waals surface area contributed by atoms with E-state index in [0.717, 1.165) is 24.6 Å². The summed E-state index contributed by atoms with van der Waals surface area (Å²) in [7, 11) is 0. The number of benzene rings is 1. The van der Waals surface area contributed by atoms with E-state index < -0.39 is 46.5 Å². The highest BCUT2D eigenvalue weighted by molar-refractivity contribution is 8.13. The van der Waals surface area contributed by atoms with Gasteiger partial charge >= 0.3 is 0 Å². The Bertz CT molecular complexity index is 691. The van der Waals surface area contributed by atoms with E-state index in [1.165, 1.54) is 0 Å². The fraction of sp³-hybridized carbons (Fsp3) is 0.588. The van der Waals surface area contributed by atoms with Crippen LogP contribution in [0.25, 0.3) is 0 Å². The molecule has 0 amide bonds. The van der Waals surface area contributed by atoms with Gasteiger partial charge in [-0.25, -0.2) is 0 Å². The quantitative estimate of drug-likeness (QED) is 0.394. The maximum Gasteiger partial charge on any atom is 0.207 e. The number of thioether (sulfide) groups is 1. The predicted octanol–water partition coefficient (Wildman–Crippen LogP) is 5.15. The lowest BCUT2D eigenvalue weighted by molar-refractivity contribution is 0.0123. The predicted molar refractivity (Wildman–Crippen MR) is 89.5 cm³/mol. The zero-order valence-electron chi connectivity index (χ0n) is 14.4. The van der Waals surface area contributed by atoms with Gasteiger partial charge in [0, 0.05) is 6.42 Å². The van der Waals surface area contributed by atoms with Crippen molar-refractivity contribution in [2.45, 2.75) is 57.7 Å². The number of rotatable bonds is 5. The van der Waals surface area contributed by atoms with Gasteiger partial charge in [-0.05, 0) is 39.5 Å². The molecule has 0 saturated heterocycles. The SMILES string of the molecule is CC1(C)CC(SCOc2c(F)c(F)c(OC3CCCC3)c(F)c2F)=NO1. The molecule has 1 saturated carbocycles. The van der Waals surface area contributed by atoms with Crippen molar-refractivity contribution in [1.29, 1.82) is 0 Å². The molecule has 0 atom stereocenters. The molecule has 1 aliphatic carbocycles. The molecule has 1 aliphatic heterocycles. The highest BCUT2D eigenvalue weighted by Crippen LogP contribution is 2.37. The van der Waals surface area contributed by atoms with E-state index in [2.05, 4.69) is 5.16 Å². The van der Waals surface area contributed by atoms with Crippen molar-refractivity contribution < 1.29 is 31.9 Å². The molecule has 1 aromatic carbocycles. The highest BCUT2D eigenvalue weighted by atomic mass is 32.2. The van der Waals surface area contributed by atoms with Crippen LogP contribution >= 0.6 is 11.8 Å². The molecule has 0 aromatic heterocycles. The molecule has 144 valence electrons. The zero-order valence-corrected chi connectivity index (χ0v) is 15.2. The summed E-state index contributed by atoms with van der Waals surface area (Å²) >= 11 is 1.03. The van der Waals surface area contributed by atoms with Crippen molar-refractivity contribution in [2.24, 2.45) is 5.16 Å². The fourth-order valence-electron chi connectivity index (χ4n) is 2.83. The molecule has 1 heterocycles. The van der Waals surface area contributed by atoms with Crippen LogP contribution in [0.5, 0.6) is 11.5 Å². The first-order valence-electron chi connectivity index (χ1n) is 8.32. The van der Waals surface area contributed by atoms with Gasteiger partial charge in [-0.2, -0.15) is 17.6 Å². The van der Waals surface area contributed by atoms with Crippen molar-refractivity contribution in [2.75, 3.05) is 5.94 Å². The van der Waals surface area contributed by atoms with E-state index in [0.29, 0.717) is 24.3 Å². The summed E-state index contributed by atoms with van der Waals surface area (Å²) in [6.07, 6.45) is 2.95. The minimum Gasteiger partial charge on any atom is -0.484 e. The Hall–Kier alpha value is -1.64. The Labute approximate surface area is 152 Å². The maximum atomic E-state index is 14.1. The number of nitrogens with zero attached hydrogens (tertiary/aromatic N) is 1. The van der Waals surface area contributed by atoms with Crippen molar-refractivity contribution in [1.82, 2.24) is 0 Å². The van der Waals surface area contributed by atoms with Crippen LogP contribution in [0.15, 0.2) is 5.16 Å². The van der Waals surface area contributed by atoms with Gasteiger partial charge in [-0.3, -0.25) is 0 Å². The highest BCUT2D eigenvalue weighted by Gasteiger charge is 2.32. The van der Waals surface area contributed by atoms with Gasteiger partial charge in [0.05, 0.1) is 6.10 Å². The molecule has 26 heavy (non-hydrogen) atoms. The number of halogens is 4. The first kappa shape index (κ1) is 19.1. The van der Waals surface area contributed by atoms with E-state index in [9.17, 15) is 17.6 Å². The van der Waals surface area contributed by atoms with E-state index in [1.807, 2.05) is 13.8 Å². The summed E-state index contributed by atoms with van der Waals surface area (Å²) in [6, 6.07) is 0. The lowest BCUT2D eigenvalue weighted by Crippen LogP contribution is -2.18. The van der Waals surface area contributed by atoms with Crippen LogP contribution in [0.2, 0.25) is 0 Å². The third kappa shape index (κ3) is 4.02. The second kappa shape index (κ2) is 7.54. The molecule has 0 bridgehead atoms. The van der Waals surface area contributed by atoms with Crippen LogP contribution in [0.1, 0.15) is 46.0 Å². The summed E-state index contributed by atoms with van der Waals surface area (Å²) in [5, 5.41) is 4.38. The normalized spacial score (nSPS) is 19.4. The largest absolute Gasteiger partial charge is 0.484 e. The molecular formula is C17H19F4NO3S. The summed E-state index contributed by atoms with van der Waals surface area (Å²) in [4.78, 5) is 5.15. The van der Waals surface area contributed by atoms with Crippen molar-refractivity contribution >= 4 is 16.8 Å². The minimum atomic E-state index is -1.61. The van der Waals surface area contributed by atoms with Crippen LogP contribution < -0.4 is 9.47 Å². The maximum absolute atomic E-state index is 14.1. The molecule has 0 unspecified atom stereocenters. The van der Waals surface area contributed by atoms with Gasteiger partial charge in [0.25, 0.3) is 0 Å². The molecule has 3 rings (SSSR count). The van der Waals surface area contributed by atoms with Crippen LogP contribution in [0.3, 0.4) is 0 Å². The number of ether oxygens (including phenoxy) is 2. The van der Waals surface area contributed by atoms with Crippen molar-refractivity contribution in [3.8, 4) is 11.5 Å². The topological polar surface area (TPSA) is 40.0 Å². The Morgan fingerprint density at radius 1 is 1.04 bits per heavy atom. The number of oxime groups is 1. The molecule has 1 fully saturated rings. The lowest BCUT2D eigenvalue weighted by Gasteiger charge is -2.17. The molecule has 0 radical (unpaired) electrons. The first-order valence-corrected chi connectivity index (χ1v) is 9.30.